The maximum Gasteiger partial charge on any atom is 0.0545 e. The first kappa shape index (κ1) is 9.01. The quantitative estimate of drug-likeness (QED) is 0.675. The van der Waals surface area contributed by atoms with E-state index >= 15 is 0 Å². The highest BCUT2D eigenvalue weighted by molar-refractivity contribution is 4.75. The molecule has 0 saturated heterocycles. The van der Waals surface area contributed by atoms with Gasteiger partial charge in [-0.25, -0.2) is 0 Å². The van der Waals surface area contributed by atoms with Crippen LogP contribution in [0, 0.1) is 5.92 Å². The van der Waals surface area contributed by atoms with Crippen LogP contribution >= 0.6 is 0 Å². The number of hydrogen-bond acceptors (Lipinski definition) is 2. The monoisotopic (exact) mass is 158 g/mol. The Morgan fingerprint density at radius 1 is 1.55 bits per heavy atom. The van der Waals surface area contributed by atoms with Gasteiger partial charge in [0.2, 0.25) is 0 Å². The van der Waals surface area contributed by atoms with Crippen molar-refractivity contribution in [1.82, 2.24) is 0 Å². The van der Waals surface area contributed by atoms with Gasteiger partial charge in [0.25, 0.3) is 0 Å². The maximum atomic E-state index is 9.24. The summed E-state index contributed by atoms with van der Waals surface area (Å²) in [5, 5.41) is 9.24. The molecule has 2 heteroatoms. The van der Waals surface area contributed by atoms with E-state index < -0.39 is 0 Å². The van der Waals surface area contributed by atoms with Crippen molar-refractivity contribution in [2.24, 2.45) is 5.92 Å². The van der Waals surface area contributed by atoms with Crippen LogP contribution in [0.3, 0.4) is 0 Å². The summed E-state index contributed by atoms with van der Waals surface area (Å²) in [5.74, 6) is 0.694. The van der Waals surface area contributed by atoms with Gasteiger partial charge in [0.1, 0.15) is 0 Å². The molecule has 1 aliphatic rings. The molecule has 0 aromatic carbocycles. The summed E-state index contributed by atoms with van der Waals surface area (Å²) in [6.07, 6.45) is 4.56. The highest BCUT2D eigenvalue weighted by Gasteiger charge is 2.23. The number of aliphatic hydroxyl groups excluding tert-OH is 1. The summed E-state index contributed by atoms with van der Waals surface area (Å²) in [6, 6.07) is 0. The van der Waals surface area contributed by atoms with Gasteiger partial charge in [0, 0.05) is 7.11 Å². The topological polar surface area (TPSA) is 29.5 Å². The van der Waals surface area contributed by atoms with Crippen LogP contribution in [-0.2, 0) is 4.74 Å². The Balaban J connectivity index is 2.17. The highest BCUT2D eigenvalue weighted by atomic mass is 16.5. The average Bonchev–Trinajstić information content (AvgIpc) is 2.35. The second-order valence-corrected chi connectivity index (χ2v) is 3.61. The third kappa shape index (κ3) is 2.80. The minimum Gasteiger partial charge on any atom is -0.393 e. The molecular weight excluding hydrogens is 140 g/mol. The molecule has 0 bridgehead atoms. The van der Waals surface area contributed by atoms with E-state index in [9.17, 15) is 5.11 Å². The fourth-order valence-electron chi connectivity index (χ4n) is 1.83. The molecule has 1 fully saturated rings. The van der Waals surface area contributed by atoms with Gasteiger partial charge in [-0.05, 0) is 38.5 Å². The van der Waals surface area contributed by atoms with Gasteiger partial charge in [0.05, 0.1) is 12.2 Å². The van der Waals surface area contributed by atoms with Crippen LogP contribution in [0.1, 0.15) is 32.6 Å². The molecule has 0 aromatic heterocycles. The van der Waals surface area contributed by atoms with Crippen LogP contribution < -0.4 is 0 Å². The molecule has 0 radical (unpaired) electrons. The lowest BCUT2D eigenvalue weighted by molar-refractivity contribution is 0.0922. The lowest BCUT2D eigenvalue weighted by Gasteiger charge is -2.14. The van der Waals surface area contributed by atoms with E-state index in [2.05, 4.69) is 6.92 Å². The molecule has 1 saturated carbocycles. The van der Waals surface area contributed by atoms with Crippen molar-refractivity contribution in [3.8, 4) is 0 Å². The normalized spacial score (nSPS) is 34.1. The van der Waals surface area contributed by atoms with Gasteiger partial charge in [-0.1, -0.05) is 0 Å². The van der Waals surface area contributed by atoms with Crippen LogP contribution in [0.15, 0.2) is 0 Å². The van der Waals surface area contributed by atoms with Crippen LogP contribution in [0.4, 0.5) is 0 Å². The van der Waals surface area contributed by atoms with Gasteiger partial charge in [-0.15, -0.1) is 0 Å². The van der Waals surface area contributed by atoms with Crippen LogP contribution in [0.2, 0.25) is 0 Å². The first-order valence-corrected chi connectivity index (χ1v) is 4.43. The van der Waals surface area contributed by atoms with Crippen molar-refractivity contribution in [3.05, 3.63) is 0 Å². The van der Waals surface area contributed by atoms with Crippen molar-refractivity contribution in [2.45, 2.75) is 44.8 Å². The number of methoxy groups -OCH3 is 1. The van der Waals surface area contributed by atoms with Crippen LogP contribution in [-0.4, -0.2) is 24.4 Å². The molecule has 0 aliphatic heterocycles. The standard InChI is InChI=1S/C9H18O2/c1-7(11-2)5-8-3-4-9(10)6-8/h7-10H,3-6H2,1-2H3/t7?,8-,9?/m0/s1. The van der Waals surface area contributed by atoms with Gasteiger partial charge in [-0.3, -0.25) is 0 Å². The fourth-order valence-corrected chi connectivity index (χ4v) is 1.83. The third-order valence-electron chi connectivity index (χ3n) is 2.58. The molecule has 0 heterocycles. The van der Waals surface area contributed by atoms with E-state index in [4.69, 9.17) is 4.74 Å². The summed E-state index contributed by atoms with van der Waals surface area (Å²) < 4.78 is 5.17. The second kappa shape index (κ2) is 4.07. The molecule has 66 valence electrons. The van der Waals surface area contributed by atoms with E-state index in [1.165, 1.54) is 6.42 Å². The number of rotatable bonds is 3. The second-order valence-electron chi connectivity index (χ2n) is 3.61. The number of aliphatic hydroxyl groups is 1. The minimum absolute atomic E-state index is 0.0379. The molecule has 1 aliphatic carbocycles. The summed E-state index contributed by atoms with van der Waals surface area (Å²) in [5.41, 5.74) is 0. The molecule has 0 aromatic rings. The predicted molar refractivity (Wildman–Crippen MR) is 44.4 cm³/mol. The molecule has 0 spiro atoms. The third-order valence-corrected chi connectivity index (χ3v) is 2.58. The molecule has 1 N–H and O–H groups in total. The summed E-state index contributed by atoms with van der Waals surface area (Å²) >= 11 is 0. The Morgan fingerprint density at radius 3 is 2.73 bits per heavy atom. The molecule has 3 atom stereocenters. The molecule has 2 nitrogen and oxygen atoms in total. The van der Waals surface area contributed by atoms with Gasteiger partial charge < -0.3 is 9.84 Å². The van der Waals surface area contributed by atoms with Crippen molar-refractivity contribution >= 4 is 0 Å². The van der Waals surface area contributed by atoms with Crippen LogP contribution in [0.5, 0.6) is 0 Å². The summed E-state index contributed by atoms with van der Waals surface area (Å²) in [4.78, 5) is 0. The molecule has 1 rings (SSSR count). The predicted octanol–water partition coefficient (Wildman–Crippen LogP) is 1.57. The molecular formula is C9H18O2. The van der Waals surface area contributed by atoms with Crippen molar-refractivity contribution in [2.75, 3.05) is 7.11 Å². The largest absolute Gasteiger partial charge is 0.393 e. The van der Waals surface area contributed by atoms with E-state index in [0.29, 0.717) is 12.0 Å². The average molecular weight is 158 g/mol. The Hall–Kier alpha value is -0.0800. The summed E-state index contributed by atoms with van der Waals surface area (Å²) in [6.45, 7) is 2.09. The van der Waals surface area contributed by atoms with E-state index in [-0.39, 0.29) is 6.10 Å². The van der Waals surface area contributed by atoms with E-state index in [1.807, 2.05) is 0 Å². The highest BCUT2D eigenvalue weighted by Crippen LogP contribution is 2.29. The van der Waals surface area contributed by atoms with Crippen LogP contribution in [0.25, 0.3) is 0 Å². The lowest BCUT2D eigenvalue weighted by Crippen LogP contribution is -2.11. The maximum absolute atomic E-state index is 9.24. The lowest BCUT2D eigenvalue weighted by atomic mass is 10.0. The van der Waals surface area contributed by atoms with Crippen molar-refractivity contribution in [1.29, 1.82) is 0 Å². The first-order valence-electron chi connectivity index (χ1n) is 4.43. The smallest absolute Gasteiger partial charge is 0.0545 e. The number of hydrogen-bond donors (Lipinski definition) is 1. The molecule has 0 amide bonds. The minimum atomic E-state index is -0.0379. The Labute approximate surface area is 68.6 Å². The fraction of sp³-hybridized carbons (Fsp3) is 1.00. The first-order chi connectivity index (χ1) is 5.22. The van der Waals surface area contributed by atoms with Gasteiger partial charge >= 0.3 is 0 Å². The van der Waals surface area contributed by atoms with Crippen molar-refractivity contribution in [3.63, 3.8) is 0 Å². The SMILES string of the molecule is COC(C)C[C@@H]1CCC(O)C1. The Morgan fingerprint density at radius 2 is 2.27 bits per heavy atom. The zero-order valence-corrected chi connectivity index (χ0v) is 7.42. The zero-order chi connectivity index (χ0) is 8.27. The van der Waals surface area contributed by atoms with E-state index in [1.54, 1.807) is 7.11 Å². The Kier molecular flexibility index (Phi) is 3.34. The Bertz CT molecular complexity index is 114. The van der Waals surface area contributed by atoms with E-state index in [0.717, 1.165) is 19.3 Å². The van der Waals surface area contributed by atoms with Crippen molar-refractivity contribution < 1.29 is 9.84 Å². The van der Waals surface area contributed by atoms with Gasteiger partial charge in [-0.2, -0.15) is 0 Å². The summed E-state index contributed by atoms with van der Waals surface area (Å²) in [7, 11) is 1.75. The molecule has 11 heavy (non-hydrogen) atoms. The zero-order valence-electron chi connectivity index (χ0n) is 7.42. The molecule has 2 unspecified atom stereocenters. The number of ether oxygens (including phenoxy) is 1. The van der Waals surface area contributed by atoms with Gasteiger partial charge in [0.15, 0.2) is 0 Å².